The van der Waals surface area contributed by atoms with Gasteiger partial charge < -0.3 is 14.7 Å². The van der Waals surface area contributed by atoms with Gasteiger partial charge in [0.05, 0.1) is 16.1 Å². The van der Waals surface area contributed by atoms with Crippen molar-refractivity contribution in [2.45, 2.75) is 57.3 Å². The van der Waals surface area contributed by atoms with Crippen LogP contribution in [0.1, 0.15) is 45.1 Å². The lowest BCUT2D eigenvalue weighted by Gasteiger charge is -2.32. The molecule has 0 aromatic heterocycles. The molecule has 0 bridgehead atoms. The van der Waals surface area contributed by atoms with Crippen molar-refractivity contribution in [3.63, 3.8) is 0 Å². The molecule has 2 fully saturated rings. The molecule has 2 aliphatic heterocycles. The smallest absolute Gasteiger partial charge is 0.410 e. The number of benzene rings is 1. The maximum Gasteiger partial charge on any atom is 0.410 e. The maximum atomic E-state index is 13.3. The van der Waals surface area contributed by atoms with E-state index in [9.17, 15) is 14.7 Å². The number of hydrogen-bond acceptors (Lipinski definition) is 4. The van der Waals surface area contributed by atoms with E-state index >= 15 is 0 Å². The van der Waals surface area contributed by atoms with Crippen molar-refractivity contribution in [1.29, 1.82) is 0 Å². The summed E-state index contributed by atoms with van der Waals surface area (Å²) in [5.74, 6) is -0.386. The highest BCUT2D eigenvalue weighted by atomic mass is 35.5. The molecule has 8 heteroatoms. The lowest BCUT2D eigenvalue weighted by Crippen LogP contribution is -2.50. The van der Waals surface area contributed by atoms with Crippen LogP contribution in [0.25, 0.3) is 0 Å². The number of carbonyl (C=O) groups excluding carboxylic acids is 2. The molecule has 3 rings (SSSR count). The Kier molecular flexibility index (Phi) is 6.13. The summed E-state index contributed by atoms with van der Waals surface area (Å²) in [4.78, 5) is 29.2. The van der Waals surface area contributed by atoms with Crippen LogP contribution in [-0.2, 0) is 9.53 Å². The third-order valence-corrected chi connectivity index (χ3v) is 5.86. The van der Waals surface area contributed by atoms with Gasteiger partial charge >= 0.3 is 6.09 Å². The highest BCUT2D eigenvalue weighted by Gasteiger charge is 2.46. The van der Waals surface area contributed by atoms with E-state index in [0.29, 0.717) is 36.0 Å². The van der Waals surface area contributed by atoms with E-state index < -0.39 is 23.8 Å². The summed E-state index contributed by atoms with van der Waals surface area (Å²) in [6, 6.07) is 4.61. The van der Waals surface area contributed by atoms with Crippen molar-refractivity contribution in [2.75, 3.05) is 19.6 Å². The first-order valence-corrected chi connectivity index (χ1v) is 10.2. The Morgan fingerprint density at radius 3 is 2.43 bits per heavy atom. The first-order valence-electron chi connectivity index (χ1n) is 9.48. The lowest BCUT2D eigenvalue weighted by atomic mass is 9.91. The third kappa shape index (κ3) is 4.56. The Bertz CT molecular complexity index is 765. The molecule has 1 aromatic rings. The van der Waals surface area contributed by atoms with E-state index in [-0.39, 0.29) is 18.4 Å². The second-order valence-electron chi connectivity index (χ2n) is 8.41. The van der Waals surface area contributed by atoms with E-state index in [4.69, 9.17) is 27.9 Å². The molecular formula is C20H26Cl2N2O4. The van der Waals surface area contributed by atoms with Crippen LogP contribution >= 0.6 is 23.2 Å². The van der Waals surface area contributed by atoms with Gasteiger partial charge in [-0.1, -0.05) is 29.3 Å². The van der Waals surface area contributed by atoms with Crippen LogP contribution in [0, 0.1) is 0 Å². The fourth-order valence-electron chi connectivity index (χ4n) is 3.84. The van der Waals surface area contributed by atoms with Gasteiger partial charge in [0.15, 0.2) is 0 Å². The Balaban J connectivity index is 1.91. The van der Waals surface area contributed by atoms with E-state index in [0.717, 1.165) is 5.56 Å². The molecule has 2 heterocycles. The van der Waals surface area contributed by atoms with Crippen molar-refractivity contribution >= 4 is 35.2 Å². The van der Waals surface area contributed by atoms with Crippen molar-refractivity contribution in [3.05, 3.63) is 33.8 Å². The molecule has 0 radical (unpaired) electrons. The van der Waals surface area contributed by atoms with Crippen LogP contribution in [0.2, 0.25) is 10.0 Å². The van der Waals surface area contributed by atoms with E-state index in [1.807, 2.05) is 6.07 Å². The molecule has 1 aromatic carbocycles. The van der Waals surface area contributed by atoms with Gasteiger partial charge in [-0.15, -0.1) is 0 Å². The van der Waals surface area contributed by atoms with Gasteiger partial charge in [0.2, 0.25) is 5.91 Å². The Labute approximate surface area is 175 Å². The Morgan fingerprint density at radius 2 is 1.86 bits per heavy atom. The molecule has 1 N–H and O–H groups in total. The number of ether oxygens (including phenoxy) is 1. The molecular weight excluding hydrogens is 403 g/mol. The zero-order valence-electron chi connectivity index (χ0n) is 16.3. The zero-order chi connectivity index (χ0) is 20.6. The molecule has 0 saturated carbocycles. The minimum Gasteiger partial charge on any atom is -0.444 e. The zero-order valence-corrected chi connectivity index (χ0v) is 17.8. The predicted octanol–water partition coefficient (Wildman–Crippen LogP) is 3.68. The molecule has 154 valence electrons. The van der Waals surface area contributed by atoms with Gasteiger partial charge in [-0.25, -0.2) is 4.79 Å². The number of aliphatic hydroxyl groups excluding tert-OH is 1. The quantitative estimate of drug-likeness (QED) is 0.779. The van der Waals surface area contributed by atoms with Crippen LogP contribution in [0.5, 0.6) is 0 Å². The van der Waals surface area contributed by atoms with Gasteiger partial charge in [-0.05, 0) is 51.3 Å². The molecule has 0 spiro atoms. The predicted molar refractivity (Wildman–Crippen MR) is 108 cm³/mol. The molecule has 28 heavy (non-hydrogen) atoms. The SMILES string of the molecule is CC(C)(C)OC(=O)N1CC[C@H](c2ccc(Cl)c(Cl)c2)[C@@H]1C(=O)N1CC[C@@H](O)C1. The van der Waals surface area contributed by atoms with Gasteiger partial charge in [-0.2, -0.15) is 0 Å². The number of halogens is 2. The fraction of sp³-hybridized carbons (Fsp3) is 0.600. The number of rotatable bonds is 2. The average molecular weight is 429 g/mol. The topological polar surface area (TPSA) is 70.1 Å². The molecule has 0 unspecified atom stereocenters. The largest absolute Gasteiger partial charge is 0.444 e. The second kappa shape index (κ2) is 8.09. The molecule has 6 nitrogen and oxygen atoms in total. The van der Waals surface area contributed by atoms with Gasteiger partial charge in [-0.3, -0.25) is 9.69 Å². The molecule has 0 aliphatic carbocycles. The van der Waals surface area contributed by atoms with E-state index in [1.165, 1.54) is 4.90 Å². The van der Waals surface area contributed by atoms with Crippen molar-refractivity contribution in [3.8, 4) is 0 Å². The van der Waals surface area contributed by atoms with Gasteiger partial charge in [0.1, 0.15) is 11.6 Å². The van der Waals surface area contributed by atoms with E-state index in [2.05, 4.69) is 0 Å². The van der Waals surface area contributed by atoms with Crippen LogP contribution in [0.3, 0.4) is 0 Å². The summed E-state index contributed by atoms with van der Waals surface area (Å²) in [6.07, 6.45) is 0.128. The summed E-state index contributed by atoms with van der Waals surface area (Å²) in [5, 5.41) is 10.7. The van der Waals surface area contributed by atoms with Crippen molar-refractivity contribution in [1.82, 2.24) is 9.80 Å². The van der Waals surface area contributed by atoms with Crippen molar-refractivity contribution < 1.29 is 19.4 Å². The summed E-state index contributed by atoms with van der Waals surface area (Å²) >= 11 is 12.2. The minimum absolute atomic E-state index is 0.170. The highest BCUT2D eigenvalue weighted by Crippen LogP contribution is 2.38. The second-order valence-corrected chi connectivity index (χ2v) is 9.23. The first-order chi connectivity index (χ1) is 13.1. The Morgan fingerprint density at radius 1 is 1.14 bits per heavy atom. The number of hydrogen-bond donors (Lipinski definition) is 1. The molecule has 3 atom stereocenters. The van der Waals surface area contributed by atoms with Gasteiger partial charge in [0.25, 0.3) is 0 Å². The Hall–Kier alpha value is -1.50. The number of likely N-dealkylation sites (tertiary alicyclic amines) is 2. The highest BCUT2D eigenvalue weighted by molar-refractivity contribution is 6.42. The number of carbonyl (C=O) groups is 2. The van der Waals surface area contributed by atoms with Crippen molar-refractivity contribution in [2.24, 2.45) is 0 Å². The molecule has 2 saturated heterocycles. The standard InChI is InChI=1S/C20H26Cl2N2O4/c1-20(2,3)28-19(27)24-9-7-14(12-4-5-15(21)16(22)10-12)17(24)18(26)23-8-6-13(25)11-23/h4-5,10,13-14,17,25H,6-9,11H2,1-3H3/t13-,14-,17-/m1/s1. The molecule has 2 aliphatic rings. The van der Waals surface area contributed by atoms with Crippen LogP contribution in [0.4, 0.5) is 4.79 Å². The average Bonchev–Trinajstić information content (AvgIpc) is 3.21. The first kappa shape index (κ1) is 21.2. The maximum absolute atomic E-state index is 13.3. The monoisotopic (exact) mass is 428 g/mol. The van der Waals surface area contributed by atoms with Gasteiger partial charge in [0, 0.05) is 25.6 Å². The number of aliphatic hydroxyl groups is 1. The fourth-order valence-corrected chi connectivity index (χ4v) is 4.15. The molecule has 2 amide bonds. The lowest BCUT2D eigenvalue weighted by molar-refractivity contribution is -0.135. The van der Waals surface area contributed by atoms with Crippen LogP contribution < -0.4 is 0 Å². The van der Waals surface area contributed by atoms with E-state index in [1.54, 1.807) is 37.8 Å². The van der Waals surface area contributed by atoms with Crippen LogP contribution in [0.15, 0.2) is 18.2 Å². The van der Waals surface area contributed by atoms with Crippen LogP contribution in [-0.4, -0.2) is 64.3 Å². The summed E-state index contributed by atoms with van der Waals surface area (Å²) in [6.45, 7) is 6.56. The number of nitrogens with zero attached hydrogens (tertiary/aromatic N) is 2. The summed E-state index contributed by atoms with van der Waals surface area (Å²) in [7, 11) is 0. The summed E-state index contributed by atoms with van der Waals surface area (Å²) < 4.78 is 5.53. The third-order valence-electron chi connectivity index (χ3n) is 5.13. The summed E-state index contributed by atoms with van der Waals surface area (Å²) in [5.41, 5.74) is 0.203. The number of β-amino-alcohol motifs (C(OH)–C–C–N with tert-alkyl or cyclic N) is 1. The minimum atomic E-state index is -0.697. The number of amides is 2. The normalized spacial score (nSPS) is 25.3.